The van der Waals surface area contributed by atoms with Crippen LogP contribution < -0.4 is 0 Å². The van der Waals surface area contributed by atoms with E-state index in [1.54, 1.807) is 18.2 Å². The summed E-state index contributed by atoms with van der Waals surface area (Å²) in [5, 5.41) is 9.00. The van der Waals surface area contributed by atoms with Crippen molar-refractivity contribution in [2.24, 2.45) is 0 Å². The Morgan fingerprint density at radius 1 is 1.25 bits per heavy atom. The maximum absolute atomic E-state index is 11.0. The molecule has 0 aliphatic heterocycles. The highest BCUT2D eigenvalue weighted by Gasteiger charge is 2.10. The van der Waals surface area contributed by atoms with Gasteiger partial charge in [-0.3, -0.25) is 0 Å². The number of halogens is 1. The Morgan fingerprint density at radius 2 is 2.05 bits per heavy atom. The number of rotatable bonds is 2. The van der Waals surface area contributed by atoms with Gasteiger partial charge in [-0.1, -0.05) is 22.0 Å². The van der Waals surface area contributed by atoms with Crippen molar-refractivity contribution in [2.75, 3.05) is 0 Å². The number of carbonyl (C=O) groups is 1. The van der Waals surface area contributed by atoms with Gasteiger partial charge in [-0.25, -0.2) is 9.78 Å². The molecule has 0 aliphatic rings. The summed E-state index contributed by atoms with van der Waals surface area (Å²) in [6.45, 7) is 2.02. The van der Waals surface area contributed by atoms with E-state index in [-0.39, 0.29) is 5.56 Å². The normalized spacial score (nSPS) is 10.9. The Labute approximate surface area is 123 Å². The lowest BCUT2D eigenvalue weighted by Gasteiger charge is -2.01. The molecule has 0 atom stereocenters. The highest BCUT2D eigenvalue weighted by molar-refractivity contribution is 9.10. The molecule has 2 N–H and O–H groups in total. The van der Waals surface area contributed by atoms with Crippen LogP contribution in [0.5, 0.6) is 0 Å². The fraction of sp³-hybridized carbons (Fsp3) is 0.0667. The first-order valence-corrected chi connectivity index (χ1v) is 6.83. The van der Waals surface area contributed by atoms with Gasteiger partial charge in [0.1, 0.15) is 5.82 Å². The second kappa shape index (κ2) is 4.76. The first kappa shape index (κ1) is 12.9. The molecule has 1 heterocycles. The molecular formula is C15H11BrN2O2. The van der Waals surface area contributed by atoms with E-state index in [0.717, 1.165) is 26.9 Å². The van der Waals surface area contributed by atoms with Gasteiger partial charge < -0.3 is 10.1 Å². The average Bonchev–Trinajstić information content (AvgIpc) is 2.80. The first-order valence-electron chi connectivity index (χ1n) is 6.04. The Morgan fingerprint density at radius 3 is 2.75 bits per heavy atom. The van der Waals surface area contributed by atoms with Crippen molar-refractivity contribution in [2.45, 2.75) is 6.92 Å². The number of aryl methyl sites for hydroxylation is 1. The molecule has 20 heavy (non-hydrogen) atoms. The second-order valence-electron chi connectivity index (χ2n) is 4.61. The molecule has 4 nitrogen and oxygen atoms in total. The zero-order chi connectivity index (χ0) is 14.3. The minimum atomic E-state index is -0.945. The standard InChI is InChI=1S/C15H11BrN2O2/c1-8-2-4-10(11(16)6-8)14-17-12-5-3-9(15(19)20)7-13(12)18-14/h2-7H,1H3,(H,17,18)(H,19,20). The fourth-order valence-corrected chi connectivity index (χ4v) is 2.76. The molecule has 0 bridgehead atoms. The minimum absolute atomic E-state index is 0.246. The third kappa shape index (κ3) is 2.20. The Kier molecular flexibility index (Phi) is 3.06. The molecule has 0 saturated carbocycles. The highest BCUT2D eigenvalue weighted by Crippen LogP contribution is 2.28. The van der Waals surface area contributed by atoms with E-state index in [4.69, 9.17) is 5.11 Å². The van der Waals surface area contributed by atoms with Gasteiger partial charge in [-0.2, -0.15) is 0 Å². The zero-order valence-corrected chi connectivity index (χ0v) is 12.2. The Hall–Kier alpha value is -2.14. The first-order chi connectivity index (χ1) is 9.54. The molecular weight excluding hydrogens is 320 g/mol. The quantitative estimate of drug-likeness (QED) is 0.746. The van der Waals surface area contributed by atoms with E-state index in [1.807, 2.05) is 25.1 Å². The number of imidazole rings is 1. The van der Waals surface area contributed by atoms with Crippen LogP contribution in [0.3, 0.4) is 0 Å². The summed E-state index contributed by atoms with van der Waals surface area (Å²) in [5.74, 6) is -0.228. The van der Waals surface area contributed by atoms with E-state index in [9.17, 15) is 4.79 Å². The number of nitrogens with zero attached hydrogens (tertiary/aromatic N) is 1. The smallest absolute Gasteiger partial charge is 0.335 e. The van der Waals surface area contributed by atoms with Crippen molar-refractivity contribution in [1.82, 2.24) is 9.97 Å². The molecule has 3 rings (SSSR count). The molecule has 2 aromatic carbocycles. The molecule has 1 aromatic heterocycles. The number of benzene rings is 2. The maximum Gasteiger partial charge on any atom is 0.335 e. The van der Waals surface area contributed by atoms with Crippen LogP contribution in [0, 0.1) is 6.92 Å². The summed E-state index contributed by atoms with van der Waals surface area (Å²) in [5.41, 5.74) is 3.81. The number of nitrogens with one attached hydrogen (secondary N) is 1. The molecule has 3 aromatic rings. The van der Waals surface area contributed by atoms with Crippen molar-refractivity contribution in [3.05, 3.63) is 52.0 Å². The highest BCUT2D eigenvalue weighted by atomic mass is 79.9. The SMILES string of the molecule is Cc1ccc(-c2nc3ccc(C(=O)O)cc3[nH]2)c(Br)c1. The summed E-state index contributed by atoms with van der Waals surface area (Å²) in [6.07, 6.45) is 0. The van der Waals surface area contributed by atoms with Gasteiger partial charge in [0.25, 0.3) is 0 Å². The number of carboxylic acid groups (broad SMARTS) is 1. The van der Waals surface area contributed by atoms with Gasteiger partial charge in [-0.15, -0.1) is 0 Å². The summed E-state index contributed by atoms with van der Waals surface area (Å²) in [7, 11) is 0. The van der Waals surface area contributed by atoms with Crippen molar-refractivity contribution < 1.29 is 9.90 Å². The maximum atomic E-state index is 11.0. The molecule has 0 amide bonds. The number of aromatic carboxylic acids is 1. The van der Waals surface area contributed by atoms with Gasteiger partial charge in [0.15, 0.2) is 0 Å². The molecule has 0 saturated heterocycles. The van der Waals surface area contributed by atoms with Crippen LogP contribution in [0.25, 0.3) is 22.4 Å². The van der Waals surface area contributed by atoms with Crippen LogP contribution >= 0.6 is 15.9 Å². The van der Waals surface area contributed by atoms with E-state index < -0.39 is 5.97 Å². The van der Waals surface area contributed by atoms with Crippen LogP contribution in [0.2, 0.25) is 0 Å². The lowest BCUT2D eigenvalue weighted by Crippen LogP contribution is -1.94. The number of hydrogen-bond donors (Lipinski definition) is 2. The molecule has 0 aliphatic carbocycles. The van der Waals surface area contributed by atoms with Gasteiger partial charge in [0.2, 0.25) is 0 Å². The van der Waals surface area contributed by atoms with Crippen LogP contribution in [0.1, 0.15) is 15.9 Å². The number of fused-ring (bicyclic) bond motifs is 1. The van der Waals surface area contributed by atoms with E-state index in [0.29, 0.717) is 5.52 Å². The molecule has 0 radical (unpaired) electrons. The number of carboxylic acids is 1. The predicted molar refractivity (Wildman–Crippen MR) is 80.9 cm³/mol. The number of aromatic nitrogens is 2. The van der Waals surface area contributed by atoms with Gasteiger partial charge in [-0.05, 0) is 42.8 Å². The lowest BCUT2D eigenvalue weighted by molar-refractivity contribution is 0.0697. The largest absolute Gasteiger partial charge is 0.478 e. The lowest BCUT2D eigenvalue weighted by atomic mass is 10.1. The van der Waals surface area contributed by atoms with E-state index in [2.05, 4.69) is 25.9 Å². The summed E-state index contributed by atoms with van der Waals surface area (Å²) in [4.78, 5) is 18.6. The summed E-state index contributed by atoms with van der Waals surface area (Å²) < 4.78 is 0.954. The molecule has 0 fully saturated rings. The van der Waals surface area contributed by atoms with Crippen molar-refractivity contribution in [3.63, 3.8) is 0 Å². The average molecular weight is 331 g/mol. The molecule has 0 unspecified atom stereocenters. The van der Waals surface area contributed by atoms with E-state index in [1.165, 1.54) is 0 Å². The molecule has 5 heteroatoms. The fourth-order valence-electron chi connectivity index (χ4n) is 2.08. The Balaban J connectivity index is 2.15. The minimum Gasteiger partial charge on any atom is -0.478 e. The van der Waals surface area contributed by atoms with Crippen LogP contribution in [0.4, 0.5) is 0 Å². The van der Waals surface area contributed by atoms with Gasteiger partial charge in [0, 0.05) is 10.0 Å². The third-order valence-electron chi connectivity index (χ3n) is 3.11. The van der Waals surface area contributed by atoms with Crippen LogP contribution in [0.15, 0.2) is 40.9 Å². The molecule has 0 spiro atoms. The zero-order valence-electron chi connectivity index (χ0n) is 10.6. The van der Waals surface area contributed by atoms with Crippen LogP contribution in [-0.2, 0) is 0 Å². The topological polar surface area (TPSA) is 66.0 Å². The van der Waals surface area contributed by atoms with E-state index >= 15 is 0 Å². The van der Waals surface area contributed by atoms with Crippen LogP contribution in [-0.4, -0.2) is 21.0 Å². The number of H-pyrrole nitrogens is 1. The number of aromatic amines is 1. The number of hydrogen-bond acceptors (Lipinski definition) is 2. The second-order valence-corrected chi connectivity index (χ2v) is 5.46. The monoisotopic (exact) mass is 330 g/mol. The van der Waals surface area contributed by atoms with Gasteiger partial charge in [0.05, 0.1) is 16.6 Å². The Bertz CT molecular complexity index is 824. The van der Waals surface area contributed by atoms with Gasteiger partial charge >= 0.3 is 5.97 Å². The predicted octanol–water partition coefficient (Wildman–Crippen LogP) is 4.00. The summed E-state index contributed by atoms with van der Waals surface area (Å²) >= 11 is 3.52. The summed E-state index contributed by atoms with van der Waals surface area (Å²) in [6, 6.07) is 10.9. The van der Waals surface area contributed by atoms with Crippen molar-refractivity contribution >= 4 is 32.9 Å². The van der Waals surface area contributed by atoms with Crippen molar-refractivity contribution in [3.8, 4) is 11.4 Å². The third-order valence-corrected chi connectivity index (χ3v) is 3.76. The molecule has 100 valence electrons. The van der Waals surface area contributed by atoms with Crippen molar-refractivity contribution in [1.29, 1.82) is 0 Å².